The van der Waals surface area contributed by atoms with Crippen LogP contribution in [0.15, 0.2) is 58.4 Å². The van der Waals surface area contributed by atoms with Gasteiger partial charge in [-0.15, -0.1) is 0 Å². The number of nitrogens with one attached hydrogen (secondary N) is 3. The average molecular weight is 360 g/mol. The van der Waals surface area contributed by atoms with E-state index in [4.69, 9.17) is 0 Å². The SMILES string of the molecule is CC(=O)c1cccc(CNc2c(Nc3ccc4nc[nH]c4c3)c(=O)c2=O)c1. The number of hydrogen-bond acceptors (Lipinski definition) is 6. The maximum Gasteiger partial charge on any atom is 0.253 e. The van der Waals surface area contributed by atoms with Crippen molar-refractivity contribution in [3.8, 4) is 0 Å². The summed E-state index contributed by atoms with van der Waals surface area (Å²) < 4.78 is 0. The predicted octanol–water partition coefficient (Wildman–Crippen LogP) is 2.72. The van der Waals surface area contributed by atoms with Crippen LogP contribution in [0.5, 0.6) is 0 Å². The highest BCUT2D eigenvalue weighted by molar-refractivity contribution is 5.94. The number of imidazole rings is 1. The van der Waals surface area contributed by atoms with Gasteiger partial charge in [-0.25, -0.2) is 4.98 Å². The summed E-state index contributed by atoms with van der Waals surface area (Å²) in [5, 5.41) is 6.00. The smallest absolute Gasteiger partial charge is 0.253 e. The average Bonchev–Trinajstić information content (AvgIpc) is 3.15. The molecule has 0 radical (unpaired) electrons. The topological polar surface area (TPSA) is 104 Å². The first kappa shape index (κ1) is 16.7. The number of carbonyl (C=O) groups excluding carboxylic acids is 1. The summed E-state index contributed by atoms with van der Waals surface area (Å²) in [5.74, 6) is -0.0254. The number of carbonyl (C=O) groups is 1. The molecule has 134 valence electrons. The lowest BCUT2D eigenvalue weighted by molar-refractivity contribution is 0.101. The Morgan fingerprint density at radius 3 is 2.70 bits per heavy atom. The van der Waals surface area contributed by atoms with Crippen molar-refractivity contribution in [1.82, 2.24) is 9.97 Å². The van der Waals surface area contributed by atoms with E-state index in [1.54, 1.807) is 30.6 Å². The van der Waals surface area contributed by atoms with Crippen LogP contribution >= 0.6 is 0 Å². The molecule has 3 N–H and O–H groups in total. The van der Waals surface area contributed by atoms with Gasteiger partial charge in [0.2, 0.25) is 0 Å². The van der Waals surface area contributed by atoms with E-state index < -0.39 is 10.9 Å². The molecule has 3 aromatic carbocycles. The van der Waals surface area contributed by atoms with Gasteiger partial charge in [0.1, 0.15) is 11.4 Å². The molecule has 0 unspecified atom stereocenters. The number of aromatic amines is 1. The van der Waals surface area contributed by atoms with Gasteiger partial charge in [-0.1, -0.05) is 18.2 Å². The number of H-pyrrole nitrogens is 1. The van der Waals surface area contributed by atoms with E-state index in [2.05, 4.69) is 20.6 Å². The van der Waals surface area contributed by atoms with Gasteiger partial charge in [0.15, 0.2) is 5.78 Å². The van der Waals surface area contributed by atoms with E-state index in [0.29, 0.717) is 17.8 Å². The fourth-order valence-corrected chi connectivity index (χ4v) is 2.93. The van der Waals surface area contributed by atoms with E-state index in [9.17, 15) is 14.4 Å². The quantitative estimate of drug-likeness (QED) is 0.361. The summed E-state index contributed by atoms with van der Waals surface area (Å²) in [4.78, 5) is 42.5. The zero-order valence-corrected chi connectivity index (χ0v) is 14.5. The number of hydrogen-bond donors (Lipinski definition) is 3. The third kappa shape index (κ3) is 3.10. The number of fused-ring (bicyclic) bond motifs is 1. The maximum absolute atomic E-state index is 12.0. The van der Waals surface area contributed by atoms with Gasteiger partial charge in [0.25, 0.3) is 10.9 Å². The second-order valence-corrected chi connectivity index (χ2v) is 6.28. The van der Waals surface area contributed by atoms with Crippen LogP contribution in [0.2, 0.25) is 0 Å². The lowest BCUT2D eigenvalue weighted by Gasteiger charge is -2.15. The van der Waals surface area contributed by atoms with Gasteiger partial charge in [-0.2, -0.15) is 0 Å². The third-order valence-corrected chi connectivity index (χ3v) is 4.40. The molecule has 7 heteroatoms. The van der Waals surface area contributed by atoms with Gasteiger partial charge >= 0.3 is 0 Å². The number of anilines is 3. The molecule has 27 heavy (non-hydrogen) atoms. The van der Waals surface area contributed by atoms with E-state index in [1.807, 2.05) is 18.2 Å². The van der Waals surface area contributed by atoms with Crippen LogP contribution in [0.4, 0.5) is 17.1 Å². The standard InChI is InChI=1S/C20H16N4O3/c1-11(25)13-4-2-3-12(7-13)9-21-17-18(20(27)19(17)26)24-14-5-6-15-16(8-14)23-10-22-15/h2-8,10,21,24H,9H2,1H3,(H,22,23). The van der Waals surface area contributed by atoms with Crippen LogP contribution in [-0.2, 0) is 6.54 Å². The third-order valence-electron chi connectivity index (χ3n) is 4.40. The first-order chi connectivity index (χ1) is 13.0. The predicted molar refractivity (Wildman–Crippen MR) is 105 cm³/mol. The lowest BCUT2D eigenvalue weighted by atomic mass is 10.1. The molecular weight excluding hydrogens is 344 g/mol. The van der Waals surface area contributed by atoms with E-state index >= 15 is 0 Å². The van der Waals surface area contributed by atoms with Crippen molar-refractivity contribution < 1.29 is 4.79 Å². The summed E-state index contributed by atoms with van der Waals surface area (Å²) in [5.41, 5.74) is 3.15. The highest BCUT2D eigenvalue weighted by atomic mass is 16.2. The van der Waals surface area contributed by atoms with Crippen LogP contribution < -0.4 is 21.5 Å². The molecule has 0 spiro atoms. The zero-order chi connectivity index (χ0) is 19.0. The summed E-state index contributed by atoms with van der Waals surface area (Å²) >= 11 is 0. The maximum atomic E-state index is 12.0. The Bertz CT molecular complexity index is 1230. The minimum Gasteiger partial charge on any atom is -0.376 e. The minimum atomic E-state index is -0.556. The lowest BCUT2D eigenvalue weighted by Crippen LogP contribution is -2.36. The molecule has 0 saturated heterocycles. The minimum absolute atomic E-state index is 0.0254. The Morgan fingerprint density at radius 1 is 1.07 bits per heavy atom. The Morgan fingerprint density at radius 2 is 1.89 bits per heavy atom. The number of Topliss-reactive ketones (excluding diaryl/α,β-unsaturated/α-hetero) is 1. The number of nitrogens with zero attached hydrogens (tertiary/aromatic N) is 1. The van der Waals surface area contributed by atoms with Gasteiger partial charge in [0.05, 0.1) is 17.4 Å². The monoisotopic (exact) mass is 360 g/mol. The normalized spacial score (nSPS) is 11.0. The van der Waals surface area contributed by atoms with Gasteiger partial charge in [-0.3, -0.25) is 14.4 Å². The molecule has 0 aliphatic rings. The Kier molecular flexibility index (Phi) is 4.04. The molecule has 0 fully saturated rings. The molecule has 0 aliphatic carbocycles. The number of benzene rings is 2. The Labute approximate surface area is 153 Å². The second kappa shape index (κ2) is 6.53. The number of rotatable bonds is 6. The van der Waals surface area contributed by atoms with Crippen LogP contribution in [0.25, 0.3) is 11.0 Å². The number of ketones is 1. The highest BCUT2D eigenvalue weighted by Crippen LogP contribution is 2.23. The van der Waals surface area contributed by atoms with Crippen LogP contribution in [0.3, 0.4) is 0 Å². The summed E-state index contributed by atoms with van der Waals surface area (Å²) in [6.45, 7) is 1.84. The molecule has 0 amide bonds. The van der Waals surface area contributed by atoms with Crippen molar-refractivity contribution in [3.63, 3.8) is 0 Å². The fraction of sp³-hybridized carbons (Fsp3) is 0.100. The van der Waals surface area contributed by atoms with Crippen molar-refractivity contribution in [2.75, 3.05) is 10.6 Å². The number of aromatic nitrogens is 2. The fourth-order valence-electron chi connectivity index (χ4n) is 2.93. The van der Waals surface area contributed by atoms with Gasteiger partial charge in [0, 0.05) is 17.8 Å². The summed E-state index contributed by atoms with van der Waals surface area (Å²) in [6, 6.07) is 12.6. The second-order valence-electron chi connectivity index (χ2n) is 6.28. The molecule has 1 aromatic heterocycles. The Balaban J connectivity index is 1.54. The highest BCUT2D eigenvalue weighted by Gasteiger charge is 2.21. The molecule has 4 rings (SSSR count). The Hall–Kier alpha value is -3.74. The molecule has 7 nitrogen and oxygen atoms in total. The largest absolute Gasteiger partial charge is 0.376 e. The van der Waals surface area contributed by atoms with Crippen LogP contribution in [0, 0.1) is 0 Å². The molecule has 0 atom stereocenters. The zero-order valence-electron chi connectivity index (χ0n) is 14.5. The summed E-state index contributed by atoms with van der Waals surface area (Å²) in [6.07, 6.45) is 1.59. The van der Waals surface area contributed by atoms with Crippen LogP contribution in [0.1, 0.15) is 22.8 Å². The van der Waals surface area contributed by atoms with E-state index in [1.165, 1.54) is 6.92 Å². The molecule has 0 saturated carbocycles. The first-order valence-corrected chi connectivity index (χ1v) is 8.40. The van der Waals surface area contributed by atoms with E-state index in [-0.39, 0.29) is 17.2 Å². The van der Waals surface area contributed by atoms with Crippen molar-refractivity contribution in [2.45, 2.75) is 13.5 Å². The summed E-state index contributed by atoms with van der Waals surface area (Å²) in [7, 11) is 0. The molecule has 4 aromatic rings. The van der Waals surface area contributed by atoms with Gasteiger partial charge in [-0.05, 0) is 36.8 Å². The van der Waals surface area contributed by atoms with Crippen molar-refractivity contribution in [3.05, 3.63) is 80.4 Å². The van der Waals surface area contributed by atoms with Crippen molar-refractivity contribution >= 4 is 33.9 Å². The molecule has 0 bridgehead atoms. The van der Waals surface area contributed by atoms with Crippen molar-refractivity contribution in [1.29, 1.82) is 0 Å². The molecular formula is C20H16N4O3. The van der Waals surface area contributed by atoms with Crippen molar-refractivity contribution in [2.24, 2.45) is 0 Å². The van der Waals surface area contributed by atoms with Gasteiger partial charge < -0.3 is 15.6 Å². The molecule has 1 heterocycles. The van der Waals surface area contributed by atoms with E-state index in [0.717, 1.165) is 16.6 Å². The van der Waals surface area contributed by atoms with Crippen LogP contribution in [-0.4, -0.2) is 15.8 Å². The first-order valence-electron chi connectivity index (χ1n) is 8.40. The molecule has 0 aliphatic heterocycles.